The minimum Gasteiger partial charge on any atom is -0.374 e. The van der Waals surface area contributed by atoms with Crippen molar-refractivity contribution in [2.24, 2.45) is 0 Å². The van der Waals surface area contributed by atoms with Gasteiger partial charge in [0.15, 0.2) is 5.78 Å². The zero-order chi connectivity index (χ0) is 35.6. The van der Waals surface area contributed by atoms with E-state index >= 15 is 0 Å². The topological polar surface area (TPSA) is 154 Å². The third kappa shape index (κ3) is 7.34. The molecule has 3 aliphatic rings. The molecular weight excluding hydrogens is 646 g/mol. The molecule has 13 nitrogen and oxygen atoms in total. The van der Waals surface area contributed by atoms with E-state index in [1.165, 1.54) is 12.5 Å². The van der Waals surface area contributed by atoms with Gasteiger partial charge in [0.05, 0.1) is 17.4 Å². The monoisotopic (exact) mass is 691 g/mol. The molecule has 5 heterocycles. The van der Waals surface area contributed by atoms with Crippen LogP contribution in [0, 0.1) is 6.92 Å². The smallest absolute Gasteiger partial charge is 0.263 e. The Hall–Kier alpha value is -5.17. The van der Waals surface area contributed by atoms with Crippen LogP contribution in [0.15, 0.2) is 53.6 Å². The van der Waals surface area contributed by atoms with E-state index in [1.807, 2.05) is 24.4 Å². The van der Waals surface area contributed by atoms with Crippen molar-refractivity contribution < 1.29 is 14.4 Å². The molecular formula is C38H45N9O4. The molecule has 3 aromatic heterocycles. The van der Waals surface area contributed by atoms with Crippen LogP contribution in [-0.2, 0) is 16.1 Å². The van der Waals surface area contributed by atoms with Gasteiger partial charge in [-0.2, -0.15) is 4.98 Å². The molecule has 266 valence electrons. The molecule has 13 heteroatoms. The summed E-state index contributed by atoms with van der Waals surface area (Å²) in [6, 6.07) is 12.2. The average molecular weight is 692 g/mol. The number of aryl methyl sites for hydroxylation is 1. The van der Waals surface area contributed by atoms with E-state index in [0.717, 1.165) is 69.5 Å². The molecule has 0 spiro atoms. The SMILES string of the molecule is CC(=O)c1c(C)c2cnc(Nc3ccc(N4CCC(N(C)Cc5ccc(NC6CCC(=O)NC6=O)cc5)CC4)cn3)nc2n(C2CCCC2)c1=O. The molecule has 0 radical (unpaired) electrons. The number of Topliss-reactive ketones (excluding diaryl/α,β-unsaturated/α-hetero) is 1. The summed E-state index contributed by atoms with van der Waals surface area (Å²) in [5, 5.41) is 9.56. The predicted molar refractivity (Wildman–Crippen MR) is 197 cm³/mol. The second-order valence-corrected chi connectivity index (χ2v) is 14.1. The first-order valence-electron chi connectivity index (χ1n) is 17.9. The van der Waals surface area contributed by atoms with E-state index in [9.17, 15) is 19.2 Å². The minimum absolute atomic E-state index is 0.0189. The highest BCUT2D eigenvalue weighted by atomic mass is 16.2. The number of imide groups is 1. The van der Waals surface area contributed by atoms with Crippen molar-refractivity contribution in [2.45, 2.75) is 89.9 Å². The van der Waals surface area contributed by atoms with Gasteiger partial charge in [-0.05, 0) is 88.4 Å². The maximum atomic E-state index is 13.5. The predicted octanol–water partition coefficient (Wildman–Crippen LogP) is 4.87. The number of nitrogens with zero attached hydrogens (tertiary/aromatic N) is 6. The van der Waals surface area contributed by atoms with Crippen LogP contribution in [0.2, 0.25) is 0 Å². The lowest BCUT2D eigenvalue weighted by atomic mass is 10.0. The number of ketones is 1. The van der Waals surface area contributed by atoms with Gasteiger partial charge in [0.1, 0.15) is 17.5 Å². The van der Waals surface area contributed by atoms with Crippen molar-refractivity contribution in [1.82, 2.24) is 29.7 Å². The van der Waals surface area contributed by atoms with Gasteiger partial charge in [-0.25, -0.2) is 9.97 Å². The van der Waals surface area contributed by atoms with E-state index < -0.39 is 0 Å². The molecule has 51 heavy (non-hydrogen) atoms. The number of hydrogen-bond donors (Lipinski definition) is 3. The number of amides is 2. The third-order valence-corrected chi connectivity index (χ3v) is 10.7. The first-order valence-corrected chi connectivity index (χ1v) is 17.9. The van der Waals surface area contributed by atoms with E-state index in [0.29, 0.717) is 47.2 Å². The highest BCUT2D eigenvalue weighted by Gasteiger charge is 2.28. The molecule has 3 N–H and O–H groups in total. The molecule has 1 aliphatic carbocycles. The van der Waals surface area contributed by atoms with E-state index in [-0.39, 0.29) is 40.8 Å². The fraction of sp³-hybridized carbons (Fsp3) is 0.447. The first-order chi connectivity index (χ1) is 24.6. The molecule has 4 aromatic rings. The lowest BCUT2D eigenvalue weighted by molar-refractivity contribution is -0.133. The van der Waals surface area contributed by atoms with Crippen LogP contribution < -0.4 is 26.4 Å². The van der Waals surface area contributed by atoms with E-state index in [1.54, 1.807) is 17.7 Å². The van der Waals surface area contributed by atoms with Crippen LogP contribution in [0.4, 0.5) is 23.1 Å². The Balaban J connectivity index is 0.949. The summed E-state index contributed by atoms with van der Waals surface area (Å²) in [7, 11) is 2.17. The van der Waals surface area contributed by atoms with Crippen LogP contribution in [0.5, 0.6) is 0 Å². The third-order valence-electron chi connectivity index (χ3n) is 10.7. The number of piperidine rings is 2. The van der Waals surface area contributed by atoms with Crippen molar-refractivity contribution in [3.8, 4) is 0 Å². The highest BCUT2D eigenvalue weighted by Crippen LogP contribution is 2.32. The zero-order valence-corrected chi connectivity index (χ0v) is 29.4. The summed E-state index contributed by atoms with van der Waals surface area (Å²) in [6.45, 7) is 5.91. The maximum absolute atomic E-state index is 13.5. The molecule has 2 saturated heterocycles. The normalized spacial score (nSPS) is 18.7. The van der Waals surface area contributed by atoms with Gasteiger partial charge in [-0.3, -0.25) is 34.0 Å². The molecule has 2 amide bonds. The van der Waals surface area contributed by atoms with Crippen molar-refractivity contribution in [2.75, 3.05) is 35.7 Å². The number of rotatable bonds is 10. The molecule has 1 unspecified atom stereocenters. The van der Waals surface area contributed by atoms with Crippen molar-refractivity contribution in [1.29, 1.82) is 0 Å². The number of fused-ring (bicyclic) bond motifs is 1. The standard InChI is InChI=1S/C38H45N9O4/c1-23-30-21-40-38(44-35(30)47(28-6-4-5-7-28)37(51)34(23)24(2)48)42-32-14-12-29(20-39-32)46-18-16-27(17-19-46)45(3)22-25-8-10-26(11-9-25)41-31-13-15-33(49)43-36(31)50/h8-12,14,20-21,27-28,31,41H,4-7,13,15-19,22H2,1-3H3,(H,43,49,50)(H,39,40,42,44). The van der Waals surface area contributed by atoms with Crippen LogP contribution in [-0.4, -0.2) is 74.2 Å². The average Bonchev–Trinajstić information content (AvgIpc) is 3.65. The Morgan fingerprint density at radius 1 is 0.961 bits per heavy atom. The number of benzene rings is 1. The van der Waals surface area contributed by atoms with Gasteiger partial charge < -0.3 is 15.5 Å². The number of nitrogens with one attached hydrogen (secondary N) is 3. The Labute approximate surface area is 296 Å². The molecule has 2 aliphatic heterocycles. The van der Waals surface area contributed by atoms with Crippen molar-refractivity contribution in [3.63, 3.8) is 0 Å². The lowest BCUT2D eigenvalue weighted by Gasteiger charge is -2.37. The molecule has 1 aromatic carbocycles. The minimum atomic E-state index is -0.390. The summed E-state index contributed by atoms with van der Waals surface area (Å²) in [5.74, 6) is 0.244. The number of hydrogen-bond acceptors (Lipinski definition) is 11. The van der Waals surface area contributed by atoms with E-state index in [4.69, 9.17) is 4.98 Å². The fourth-order valence-electron chi connectivity index (χ4n) is 7.79. The Morgan fingerprint density at radius 3 is 2.37 bits per heavy atom. The summed E-state index contributed by atoms with van der Waals surface area (Å²) < 4.78 is 1.72. The number of aromatic nitrogens is 4. The van der Waals surface area contributed by atoms with Gasteiger partial charge in [0.2, 0.25) is 17.8 Å². The van der Waals surface area contributed by atoms with Crippen LogP contribution in [0.25, 0.3) is 11.0 Å². The second kappa shape index (κ2) is 14.6. The van der Waals surface area contributed by atoms with Crippen LogP contribution in [0.1, 0.15) is 85.8 Å². The molecule has 3 fully saturated rings. The van der Waals surface area contributed by atoms with E-state index in [2.05, 4.69) is 61.0 Å². The Kier molecular flexibility index (Phi) is 9.81. The first kappa shape index (κ1) is 34.3. The second-order valence-electron chi connectivity index (χ2n) is 14.1. The molecule has 1 saturated carbocycles. The summed E-state index contributed by atoms with van der Waals surface area (Å²) >= 11 is 0. The number of carbonyl (C=O) groups excluding carboxylic acids is 3. The van der Waals surface area contributed by atoms with Crippen LogP contribution in [0.3, 0.4) is 0 Å². The summed E-state index contributed by atoms with van der Waals surface area (Å²) in [4.78, 5) is 68.2. The Bertz CT molecular complexity index is 2000. The zero-order valence-electron chi connectivity index (χ0n) is 29.4. The maximum Gasteiger partial charge on any atom is 0.263 e. The van der Waals surface area contributed by atoms with Gasteiger partial charge in [-0.1, -0.05) is 25.0 Å². The van der Waals surface area contributed by atoms with Gasteiger partial charge in [-0.15, -0.1) is 0 Å². The number of pyridine rings is 2. The quantitative estimate of drug-likeness (QED) is 0.154. The Morgan fingerprint density at radius 2 is 1.71 bits per heavy atom. The molecule has 1 atom stereocenters. The van der Waals surface area contributed by atoms with Crippen LogP contribution >= 0.6 is 0 Å². The molecule has 7 rings (SSSR count). The van der Waals surface area contributed by atoms with Crippen molar-refractivity contribution in [3.05, 3.63) is 75.8 Å². The van der Waals surface area contributed by atoms with Gasteiger partial charge >= 0.3 is 0 Å². The molecule has 0 bridgehead atoms. The number of carbonyl (C=O) groups is 3. The largest absolute Gasteiger partial charge is 0.374 e. The van der Waals surface area contributed by atoms with Crippen molar-refractivity contribution >= 4 is 51.8 Å². The summed E-state index contributed by atoms with van der Waals surface area (Å²) in [6.07, 6.45) is 10.4. The summed E-state index contributed by atoms with van der Waals surface area (Å²) in [5.41, 5.74) is 4.26. The van der Waals surface area contributed by atoms with Gasteiger partial charge in [0, 0.05) is 55.4 Å². The fourth-order valence-corrected chi connectivity index (χ4v) is 7.79. The highest BCUT2D eigenvalue weighted by molar-refractivity contribution is 6.01. The lowest BCUT2D eigenvalue weighted by Crippen LogP contribution is -2.47. The number of anilines is 4. The van der Waals surface area contributed by atoms with Gasteiger partial charge in [0.25, 0.3) is 5.56 Å².